The number of nitrogens with one attached hydrogen (secondary N) is 2. The van der Waals surface area contributed by atoms with Crippen molar-refractivity contribution in [2.24, 2.45) is 0 Å². The van der Waals surface area contributed by atoms with Gasteiger partial charge in [0.2, 0.25) is 0 Å². The predicted molar refractivity (Wildman–Crippen MR) is 129 cm³/mol. The van der Waals surface area contributed by atoms with E-state index in [0.717, 1.165) is 16.6 Å². The third-order valence-corrected chi connectivity index (χ3v) is 5.44. The number of fused-ring (bicyclic) bond motifs is 1. The molecule has 0 saturated carbocycles. The molecule has 0 aliphatic rings. The van der Waals surface area contributed by atoms with Crippen LogP contribution in [0.1, 0.15) is 30.8 Å². The molecule has 4 aromatic rings. The Labute approximate surface area is 201 Å². The van der Waals surface area contributed by atoms with Gasteiger partial charge < -0.3 is 10.3 Å². The van der Waals surface area contributed by atoms with Crippen LogP contribution in [0.15, 0.2) is 60.3 Å². The van der Waals surface area contributed by atoms with E-state index in [0.29, 0.717) is 28.6 Å². The lowest BCUT2D eigenvalue weighted by Gasteiger charge is -2.10. The lowest BCUT2D eigenvalue weighted by Crippen LogP contribution is -2.28. The number of halogens is 1. The van der Waals surface area contributed by atoms with E-state index in [1.54, 1.807) is 29.9 Å². The highest BCUT2D eigenvalue weighted by Gasteiger charge is 2.18. The topological polar surface area (TPSA) is 123 Å². The molecule has 0 aliphatic carbocycles. The zero-order chi connectivity index (χ0) is 24.1. The molecule has 2 aromatic heterocycles. The lowest BCUT2D eigenvalue weighted by atomic mass is 10.1. The maximum absolute atomic E-state index is 12.9. The molecule has 2 heterocycles. The summed E-state index contributed by atoms with van der Waals surface area (Å²) in [6, 6.07) is 18.3. The van der Waals surface area contributed by atoms with E-state index in [9.17, 15) is 10.1 Å². The van der Waals surface area contributed by atoms with Gasteiger partial charge in [-0.25, -0.2) is 4.98 Å². The van der Waals surface area contributed by atoms with Gasteiger partial charge in [0.25, 0.3) is 5.91 Å². The number of rotatable bonds is 7. The zero-order valence-electron chi connectivity index (χ0n) is 18.3. The molecule has 0 radical (unpaired) electrons. The van der Waals surface area contributed by atoms with Crippen LogP contribution in [0.25, 0.3) is 28.4 Å². The normalized spacial score (nSPS) is 12.2. The summed E-state index contributed by atoms with van der Waals surface area (Å²) in [5, 5.41) is 26.6. The molecule has 8 nitrogen and oxygen atoms in total. The van der Waals surface area contributed by atoms with E-state index in [-0.39, 0.29) is 12.0 Å². The fourth-order valence-corrected chi connectivity index (χ4v) is 3.60. The van der Waals surface area contributed by atoms with Crippen molar-refractivity contribution in [1.29, 1.82) is 10.5 Å². The van der Waals surface area contributed by atoms with Crippen LogP contribution in [-0.2, 0) is 11.3 Å². The van der Waals surface area contributed by atoms with Crippen LogP contribution < -0.4 is 5.32 Å². The molecule has 1 amide bonds. The Morgan fingerprint density at radius 1 is 1.24 bits per heavy atom. The van der Waals surface area contributed by atoms with Gasteiger partial charge in [-0.15, -0.1) is 0 Å². The number of aromatic nitrogens is 4. The fraction of sp³-hybridized carbons (Fsp3) is 0.160. The second-order valence-electron chi connectivity index (χ2n) is 7.62. The molecule has 34 heavy (non-hydrogen) atoms. The highest BCUT2D eigenvalue weighted by molar-refractivity contribution is 6.30. The summed E-state index contributed by atoms with van der Waals surface area (Å²) >= 11 is 6.01. The average Bonchev–Trinajstić information content (AvgIpc) is 3.45. The van der Waals surface area contributed by atoms with Crippen molar-refractivity contribution in [3.05, 3.63) is 76.7 Å². The number of imidazole rings is 1. The van der Waals surface area contributed by atoms with Crippen molar-refractivity contribution in [3.63, 3.8) is 0 Å². The van der Waals surface area contributed by atoms with Crippen molar-refractivity contribution in [2.75, 3.05) is 0 Å². The van der Waals surface area contributed by atoms with Crippen molar-refractivity contribution in [1.82, 2.24) is 25.1 Å². The zero-order valence-corrected chi connectivity index (χ0v) is 19.0. The average molecular weight is 470 g/mol. The van der Waals surface area contributed by atoms with Crippen LogP contribution in [0.5, 0.6) is 0 Å². The first kappa shape index (κ1) is 22.8. The predicted octanol–water partition coefficient (Wildman–Crippen LogP) is 4.78. The van der Waals surface area contributed by atoms with Gasteiger partial charge in [-0.05, 0) is 37.3 Å². The quantitative estimate of drug-likeness (QED) is 0.298. The summed E-state index contributed by atoms with van der Waals surface area (Å²) in [5.74, 6) is 0.0697. The SMILES string of the molecule is C[C@@H](NC(=O)/C(C#N)=C/c1cn(CCC#N)nc1-c1ccc(Cl)cc1)c1nc2ccccc2[nH]1. The number of carbonyl (C=O) groups excluding carboxylic acids is 1. The van der Waals surface area contributed by atoms with Crippen LogP contribution >= 0.6 is 11.6 Å². The summed E-state index contributed by atoms with van der Waals surface area (Å²) in [7, 11) is 0. The molecule has 0 aliphatic heterocycles. The monoisotopic (exact) mass is 469 g/mol. The van der Waals surface area contributed by atoms with Gasteiger partial charge in [0.15, 0.2) is 0 Å². The third-order valence-electron chi connectivity index (χ3n) is 5.19. The van der Waals surface area contributed by atoms with Gasteiger partial charge >= 0.3 is 0 Å². The Morgan fingerprint density at radius 3 is 2.71 bits per heavy atom. The molecule has 168 valence electrons. The van der Waals surface area contributed by atoms with Crippen molar-refractivity contribution >= 4 is 34.6 Å². The lowest BCUT2D eigenvalue weighted by molar-refractivity contribution is -0.117. The molecule has 0 fully saturated rings. The minimum atomic E-state index is -0.526. The summed E-state index contributed by atoms with van der Waals surface area (Å²) in [6.07, 6.45) is 3.50. The van der Waals surface area contributed by atoms with Gasteiger partial charge in [-0.3, -0.25) is 9.48 Å². The number of nitrogens with zero attached hydrogens (tertiary/aromatic N) is 5. The third kappa shape index (κ3) is 4.98. The number of H-pyrrole nitrogens is 1. The minimum absolute atomic E-state index is 0.0713. The van der Waals surface area contributed by atoms with Crippen molar-refractivity contribution in [3.8, 4) is 23.4 Å². The first-order valence-corrected chi connectivity index (χ1v) is 10.9. The maximum Gasteiger partial charge on any atom is 0.262 e. The summed E-state index contributed by atoms with van der Waals surface area (Å²) in [4.78, 5) is 20.6. The Balaban J connectivity index is 1.62. The number of hydrogen-bond donors (Lipinski definition) is 2. The number of aryl methyl sites for hydroxylation is 1. The first-order chi connectivity index (χ1) is 16.5. The van der Waals surface area contributed by atoms with E-state index in [1.807, 2.05) is 42.5 Å². The molecule has 0 unspecified atom stereocenters. The van der Waals surface area contributed by atoms with Crippen LogP contribution in [0.4, 0.5) is 0 Å². The van der Waals surface area contributed by atoms with Gasteiger partial charge in [0, 0.05) is 22.3 Å². The van der Waals surface area contributed by atoms with Crippen LogP contribution in [0.2, 0.25) is 5.02 Å². The summed E-state index contributed by atoms with van der Waals surface area (Å²) < 4.78 is 1.63. The Bertz CT molecular complexity index is 1420. The molecule has 2 N–H and O–H groups in total. The number of benzene rings is 2. The van der Waals surface area contributed by atoms with E-state index >= 15 is 0 Å². The van der Waals surface area contributed by atoms with E-state index in [4.69, 9.17) is 16.9 Å². The molecular weight excluding hydrogens is 450 g/mol. The Hall–Kier alpha value is -4.40. The number of aromatic amines is 1. The molecule has 9 heteroatoms. The molecule has 0 bridgehead atoms. The smallest absolute Gasteiger partial charge is 0.262 e. The number of amides is 1. The van der Waals surface area contributed by atoms with Gasteiger partial charge in [0.05, 0.1) is 41.8 Å². The van der Waals surface area contributed by atoms with Crippen LogP contribution in [0.3, 0.4) is 0 Å². The van der Waals surface area contributed by atoms with E-state index in [1.165, 1.54) is 6.08 Å². The largest absolute Gasteiger partial charge is 0.342 e. The number of para-hydroxylation sites is 2. The molecule has 0 saturated heterocycles. The number of hydrogen-bond acceptors (Lipinski definition) is 5. The number of nitriles is 2. The van der Waals surface area contributed by atoms with Gasteiger partial charge in [-0.2, -0.15) is 15.6 Å². The van der Waals surface area contributed by atoms with Crippen molar-refractivity contribution < 1.29 is 4.79 Å². The fourth-order valence-electron chi connectivity index (χ4n) is 3.48. The van der Waals surface area contributed by atoms with Crippen LogP contribution in [-0.4, -0.2) is 25.7 Å². The van der Waals surface area contributed by atoms with Gasteiger partial charge in [0.1, 0.15) is 17.5 Å². The second kappa shape index (κ2) is 10.0. The molecule has 0 spiro atoms. The van der Waals surface area contributed by atoms with E-state index in [2.05, 4.69) is 26.5 Å². The Kier molecular flexibility index (Phi) is 6.72. The maximum atomic E-state index is 12.9. The standard InChI is InChI=1S/C25H20ClN7O/c1-16(24-30-21-5-2-3-6-22(21)31-24)29-25(34)18(14-28)13-19-15-33(12-4-11-27)32-23(19)17-7-9-20(26)10-8-17/h2-3,5-10,13,15-16H,4,12H2,1H3,(H,29,34)(H,30,31)/b18-13+/t16-/m1/s1. The summed E-state index contributed by atoms with van der Waals surface area (Å²) in [6.45, 7) is 2.19. The highest BCUT2D eigenvalue weighted by atomic mass is 35.5. The van der Waals surface area contributed by atoms with E-state index < -0.39 is 11.9 Å². The van der Waals surface area contributed by atoms with Crippen molar-refractivity contribution in [2.45, 2.75) is 25.9 Å². The summed E-state index contributed by atoms with van der Waals surface area (Å²) in [5.41, 5.74) is 3.54. The molecular formula is C25H20ClN7O. The second-order valence-corrected chi connectivity index (χ2v) is 8.05. The van der Waals surface area contributed by atoms with Gasteiger partial charge in [-0.1, -0.05) is 35.9 Å². The minimum Gasteiger partial charge on any atom is -0.342 e. The number of carbonyl (C=O) groups is 1. The Morgan fingerprint density at radius 2 is 2.00 bits per heavy atom. The first-order valence-electron chi connectivity index (χ1n) is 10.6. The van der Waals surface area contributed by atoms with Crippen LogP contribution in [0, 0.1) is 22.7 Å². The molecule has 1 atom stereocenters. The molecule has 4 rings (SSSR count). The highest BCUT2D eigenvalue weighted by Crippen LogP contribution is 2.26. The molecule has 2 aromatic carbocycles.